The van der Waals surface area contributed by atoms with E-state index >= 15 is 0 Å². The number of amides is 1. The van der Waals surface area contributed by atoms with Crippen molar-refractivity contribution in [3.8, 4) is 0 Å². The molecule has 1 aliphatic heterocycles. The molecule has 0 radical (unpaired) electrons. The van der Waals surface area contributed by atoms with Crippen LogP contribution in [0.1, 0.15) is 18.9 Å². The van der Waals surface area contributed by atoms with Crippen molar-refractivity contribution in [2.24, 2.45) is 5.92 Å². The van der Waals surface area contributed by atoms with E-state index in [1.807, 2.05) is 30.3 Å². The summed E-state index contributed by atoms with van der Waals surface area (Å²) in [6.45, 7) is 2.83. The van der Waals surface area contributed by atoms with Gasteiger partial charge in [-0.1, -0.05) is 30.3 Å². The molecule has 1 fully saturated rings. The second kappa shape index (κ2) is 6.48. The Hall–Kier alpha value is -1.68. The minimum absolute atomic E-state index is 0.000295. The molecule has 0 saturated carbocycles. The number of ketones is 1. The molecule has 2 unspecified atom stereocenters. The van der Waals surface area contributed by atoms with E-state index in [0.29, 0.717) is 19.5 Å². The predicted molar refractivity (Wildman–Crippen MR) is 73.7 cm³/mol. The van der Waals surface area contributed by atoms with Gasteiger partial charge < -0.3 is 10.6 Å². The van der Waals surface area contributed by atoms with Crippen molar-refractivity contribution in [2.75, 3.05) is 13.1 Å². The number of carbonyl (C=O) groups is 2. The van der Waals surface area contributed by atoms with Gasteiger partial charge in [0.1, 0.15) is 5.78 Å². The summed E-state index contributed by atoms with van der Waals surface area (Å²) in [6, 6.07) is 9.84. The van der Waals surface area contributed by atoms with Crippen molar-refractivity contribution in [3.05, 3.63) is 35.9 Å². The average molecular weight is 260 g/mol. The Kier molecular flexibility index (Phi) is 4.68. The molecule has 102 valence electrons. The molecular formula is C15H20N2O2. The molecule has 1 saturated heterocycles. The third-order valence-corrected chi connectivity index (χ3v) is 3.58. The molecular weight excluding hydrogens is 240 g/mol. The molecule has 2 N–H and O–H groups in total. The highest BCUT2D eigenvalue weighted by Gasteiger charge is 2.31. The molecule has 1 amide bonds. The van der Waals surface area contributed by atoms with Gasteiger partial charge >= 0.3 is 0 Å². The van der Waals surface area contributed by atoms with Crippen molar-refractivity contribution in [3.63, 3.8) is 0 Å². The van der Waals surface area contributed by atoms with Gasteiger partial charge in [-0.25, -0.2) is 0 Å². The molecule has 19 heavy (non-hydrogen) atoms. The summed E-state index contributed by atoms with van der Waals surface area (Å²) in [6.07, 6.45) is 1.45. The van der Waals surface area contributed by atoms with Crippen molar-refractivity contribution >= 4 is 11.7 Å². The van der Waals surface area contributed by atoms with E-state index < -0.39 is 0 Å². The number of benzene rings is 1. The first-order valence-electron chi connectivity index (χ1n) is 6.72. The van der Waals surface area contributed by atoms with Crippen molar-refractivity contribution in [1.82, 2.24) is 10.6 Å². The molecule has 2 rings (SSSR count). The monoisotopic (exact) mass is 260 g/mol. The zero-order chi connectivity index (χ0) is 13.7. The van der Waals surface area contributed by atoms with Gasteiger partial charge in [-0.05, 0) is 25.3 Å². The van der Waals surface area contributed by atoms with Gasteiger partial charge in [0.25, 0.3) is 0 Å². The van der Waals surface area contributed by atoms with Gasteiger partial charge in [0.2, 0.25) is 5.91 Å². The van der Waals surface area contributed by atoms with Crippen LogP contribution in [0.2, 0.25) is 0 Å². The third-order valence-electron chi connectivity index (χ3n) is 3.58. The first kappa shape index (κ1) is 13.7. The van der Waals surface area contributed by atoms with Crippen LogP contribution in [0.4, 0.5) is 0 Å². The molecule has 0 spiro atoms. The largest absolute Gasteiger partial charge is 0.354 e. The van der Waals surface area contributed by atoms with Gasteiger partial charge in [-0.3, -0.25) is 9.59 Å². The van der Waals surface area contributed by atoms with Crippen molar-refractivity contribution < 1.29 is 9.59 Å². The summed E-state index contributed by atoms with van der Waals surface area (Å²) in [4.78, 5) is 23.2. The number of rotatable bonds is 5. The highest BCUT2D eigenvalue weighted by Crippen LogP contribution is 2.14. The summed E-state index contributed by atoms with van der Waals surface area (Å²) in [5.41, 5.74) is 1.21. The number of Topliss-reactive ketones (excluding diaryl/α,β-unsaturated/α-hetero) is 1. The Morgan fingerprint density at radius 1 is 1.32 bits per heavy atom. The van der Waals surface area contributed by atoms with Crippen LogP contribution in [0.5, 0.6) is 0 Å². The van der Waals surface area contributed by atoms with E-state index in [0.717, 1.165) is 6.42 Å². The number of nitrogens with one attached hydrogen (secondary N) is 2. The lowest BCUT2D eigenvalue weighted by Gasteiger charge is -2.11. The van der Waals surface area contributed by atoms with Crippen LogP contribution in [-0.2, 0) is 16.0 Å². The lowest BCUT2D eigenvalue weighted by Crippen LogP contribution is -2.41. The summed E-state index contributed by atoms with van der Waals surface area (Å²) in [7, 11) is 0. The van der Waals surface area contributed by atoms with Crippen LogP contribution in [0, 0.1) is 5.92 Å². The SMILES string of the molecule is CC(=O)C1CNC(C(=O)NCCc2ccccc2)C1. The van der Waals surface area contributed by atoms with E-state index in [9.17, 15) is 9.59 Å². The summed E-state index contributed by atoms with van der Waals surface area (Å²) < 4.78 is 0. The predicted octanol–water partition coefficient (Wildman–Crippen LogP) is 0.912. The molecule has 1 aliphatic rings. The lowest BCUT2D eigenvalue weighted by molar-refractivity contribution is -0.123. The first-order valence-corrected chi connectivity index (χ1v) is 6.72. The van der Waals surface area contributed by atoms with Crippen LogP contribution in [0.15, 0.2) is 30.3 Å². The first-order chi connectivity index (χ1) is 9.16. The van der Waals surface area contributed by atoms with Crippen LogP contribution in [0.25, 0.3) is 0 Å². The molecule has 1 aromatic carbocycles. The van der Waals surface area contributed by atoms with Crippen LogP contribution in [-0.4, -0.2) is 30.8 Å². The number of hydrogen-bond acceptors (Lipinski definition) is 3. The van der Waals surface area contributed by atoms with Gasteiger partial charge in [-0.15, -0.1) is 0 Å². The molecule has 4 nitrogen and oxygen atoms in total. The zero-order valence-corrected chi connectivity index (χ0v) is 11.2. The molecule has 0 bridgehead atoms. The Bertz CT molecular complexity index is 445. The fourth-order valence-electron chi connectivity index (χ4n) is 2.34. The smallest absolute Gasteiger partial charge is 0.237 e. The van der Waals surface area contributed by atoms with E-state index in [-0.39, 0.29) is 23.7 Å². The highest BCUT2D eigenvalue weighted by molar-refractivity contribution is 5.85. The molecule has 0 aromatic heterocycles. The second-order valence-electron chi connectivity index (χ2n) is 5.03. The standard InChI is InChI=1S/C15H20N2O2/c1-11(18)13-9-14(17-10-13)15(19)16-8-7-12-5-3-2-4-6-12/h2-6,13-14,17H,7-10H2,1H3,(H,16,19). The summed E-state index contributed by atoms with van der Waals surface area (Å²) in [5.74, 6) is 0.150. The van der Waals surface area contributed by atoms with E-state index in [4.69, 9.17) is 0 Å². The summed E-state index contributed by atoms with van der Waals surface area (Å²) in [5, 5.41) is 6.02. The Morgan fingerprint density at radius 3 is 2.68 bits per heavy atom. The molecule has 2 atom stereocenters. The van der Waals surface area contributed by atoms with Crippen molar-refractivity contribution in [1.29, 1.82) is 0 Å². The molecule has 4 heteroatoms. The molecule has 1 aromatic rings. The van der Waals surface area contributed by atoms with Crippen LogP contribution in [0.3, 0.4) is 0 Å². The minimum atomic E-state index is -0.218. The van der Waals surface area contributed by atoms with Gasteiger partial charge in [0.05, 0.1) is 6.04 Å². The van der Waals surface area contributed by atoms with Crippen LogP contribution < -0.4 is 10.6 Å². The number of hydrogen-bond donors (Lipinski definition) is 2. The maximum atomic E-state index is 11.9. The minimum Gasteiger partial charge on any atom is -0.354 e. The summed E-state index contributed by atoms with van der Waals surface area (Å²) >= 11 is 0. The Balaban J connectivity index is 1.72. The lowest BCUT2D eigenvalue weighted by atomic mass is 10.0. The number of carbonyl (C=O) groups excluding carboxylic acids is 2. The van der Waals surface area contributed by atoms with Gasteiger partial charge in [-0.2, -0.15) is 0 Å². The van der Waals surface area contributed by atoms with Crippen LogP contribution >= 0.6 is 0 Å². The fourth-order valence-corrected chi connectivity index (χ4v) is 2.34. The van der Waals surface area contributed by atoms with E-state index in [1.165, 1.54) is 5.56 Å². The maximum absolute atomic E-state index is 11.9. The van der Waals surface area contributed by atoms with Crippen molar-refractivity contribution in [2.45, 2.75) is 25.8 Å². The quantitative estimate of drug-likeness (QED) is 0.827. The third kappa shape index (κ3) is 3.89. The highest BCUT2D eigenvalue weighted by atomic mass is 16.2. The molecule has 0 aliphatic carbocycles. The average Bonchev–Trinajstić information content (AvgIpc) is 2.89. The van der Waals surface area contributed by atoms with Gasteiger partial charge in [0, 0.05) is 19.0 Å². The Morgan fingerprint density at radius 2 is 2.05 bits per heavy atom. The van der Waals surface area contributed by atoms with E-state index in [1.54, 1.807) is 6.92 Å². The van der Waals surface area contributed by atoms with Gasteiger partial charge in [0.15, 0.2) is 0 Å². The second-order valence-corrected chi connectivity index (χ2v) is 5.03. The van der Waals surface area contributed by atoms with E-state index in [2.05, 4.69) is 10.6 Å². The normalized spacial score (nSPS) is 22.2. The maximum Gasteiger partial charge on any atom is 0.237 e. The Labute approximate surface area is 113 Å². The fraction of sp³-hybridized carbons (Fsp3) is 0.467. The molecule has 1 heterocycles. The zero-order valence-electron chi connectivity index (χ0n) is 11.2. The topological polar surface area (TPSA) is 58.2 Å².